The van der Waals surface area contributed by atoms with Crippen molar-refractivity contribution in [3.8, 4) is 0 Å². The van der Waals surface area contributed by atoms with Crippen LogP contribution in [0.5, 0.6) is 0 Å². The van der Waals surface area contributed by atoms with Gasteiger partial charge in [0.1, 0.15) is 0 Å². The van der Waals surface area contributed by atoms with Crippen LogP contribution in [0.1, 0.15) is 76.3 Å². The molecule has 0 aromatic carbocycles. The highest BCUT2D eigenvalue weighted by Gasteiger charge is 2.54. The van der Waals surface area contributed by atoms with E-state index in [0.29, 0.717) is 17.6 Å². The molecular weight excluding hydrogens is 434 g/mol. The van der Waals surface area contributed by atoms with Crippen LogP contribution in [0.15, 0.2) is 0 Å². The topological polar surface area (TPSA) is 108 Å². The maximum absolute atomic E-state index is 12.6. The van der Waals surface area contributed by atoms with E-state index in [2.05, 4.69) is 28.9 Å². The van der Waals surface area contributed by atoms with Crippen LogP contribution in [0.4, 0.5) is 5.13 Å². The number of aliphatic hydroxyl groups is 1. The Bertz CT molecular complexity index is 943. The van der Waals surface area contributed by atoms with Crippen molar-refractivity contribution in [3.05, 3.63) is 10.6 Å². The average Bonchev–Trinajstić information content (AvgIpc) is 3.39. The van der Waals surface area contributed by atoms with Crippen molar-refractivity contribution >= 4 is 32.4 Å². The first-order chi connectivity index (χ1) is 14.5. The number of sulfonamides is 1. The molecule has 4 rings (SSSR count). The molecular formula is C22H35N3O4S2. The predicted molar refractivity (Wildman–Crippen MR) is 123 cm³/mol. The van der Waals surface area contributed by atoms with Crippen molar-refractivity contribution in [1.29, 1.82) is 0 Å². The molecule has 1 aromatic rings. The van der Waals surface area contributed by atoms with Gasteiger partial charge in [-0.25, -0.2) is 13.4 Å². The minimum Gasteiger partial charge on any atom is -0.392 e. The third-order valence-corrected chi connectivity index (χ3v) is 10.2. The second-order valence-electron chi connectivity index (χ2n) is 10.2. The predicted octanol–water partition coefficient (Wildman–Crippen LogP) is 3.26. The molecule has 3 aliphatic rings. The van der Waals surface area contributed by atoms with E-state index < -0.39 is 16.1 Å². The Morgan fingerprint density at radius 1 is 1.35 bits per heavy atom. The normalized spacial score (nSPS) is 33.8. The van der Waals surface area contributed by atoms with Gasteiger partial charge in [0.15, 0.2) is 5.13 Å². The number of hydrogen-bond donors (Lipinski definition) is 3. The van der Waals surface area contributed by atoms with E-state index in [0.717, 1.165) is 42.7 Å². The maximum Gasteiger partial charge on any atom is 0.234 e. The molecule has 1 aromatic heterocycles. The van der Waals surface area contributed by atoms with Crippen LogP contribution in [0, 0.1) is 23.2 Å². The first-order valence-electron chi connectivity index (χ1n) is 11.5. The Kier molecular flexibility index (Phi) is 6.15. The van der Waals surface area contributed by atoms with Crippen LogP contribution in [0.3, 0.4) is 0 Å². The fourth-order valence-corrected chi connectivity index (χ4v) is 8.41. The highest BCUT2D eigenvalue weighted by atomic mass is 32.2. The summed E-state index contributed by atoms with van der Waals surface area (Å²) in [5, 5.41) is 15.0. The number of anilines is 1. The number of fused-ring (bicyclic) bond motifs is 2. The number of hydrogen-bond acceptors (Lipinski definition) is 6. The summed E-state index contributed by atoms with van der Waals surface area (Å²) in [6.07, 6.45) is 4.64. The molecule has 0 saturated heterocycles. The molecule has 1 heterocycles. The molecule has 0 radical (unpaired) electrons. The number of nitrogens with zero attached hydrogens (tertiary/aromatic N) is 1. The Balaban J connectivity index is 1.55. The molecule has 31 heavy (non-hydrogen) atoms. The molecule has 7 nitrogen and oxygen atoms in total. The molecule has 2 fully saturated rings. The second-order valence-corrected chi connectivity index (χ2v) is 13.1. The zero-order chi connectivity index (χ0) is 22.6. The monoisotopic (exact) mass is 469 g/mol. The Morgan fingerprint density at radius 3 is 2.71 bits per heavy atom. The van der Waals surface area contributed by atoms with Crippen LogP contribution >= 0.6 is 11.3 Å². The largest absolute Gasteiger partial charge is 0.392 e. The summed E-state index contributed by atoms with van der Waals surface area (Å²) < 4.78 is 27.0. The lowest BCUT2D eigenvalue weighted by atomic mass is 9.53. The Hall–Kier alpha value is -1.19. The number of rotatable bonds is 7. The minimum absolute atomic E-state index is 0.00266. The van der Waals surface area contributed by atoms with Crippen molar-refractivity contribution in [2.24, 2.45) is 23.2 Å². The molecule has 0 spiro atoms. The van der Waals surface area contributed by atoms with E-state index in [-0.39, 0.29) is 40.7 Å². The molecule has 174 valence electrons. The van der Waals surface area contributed by atoms with Crippen LogP contribution in [-0.4, -0.2) is 42.3 Å². The third-order valence-electron chi connectivity index (χ3n) is 7.62. The van der Waals surface area contributed by atoms with Crippen LogP contribution in [0.25, 0.3) is 0 Å². The van der Waals surface area contributed by atoms with Crippen molar-refractivity contribution in [3.63, 3.8) is 0 Å². The summed E-state index contributed by atoms with van der Waals surface area (Å²) >= 11 is 1.43. The average molecular weight is 470 g/mol. The van der Waals surface area contributed by atoms with Gasteiger partial charge >= 0.3 is 0 Å². The first-order valence-corrected chi connectivity index (χ1v) is 14.0. The Morgan fingerprint density at radius 2 is 2.06 bits per heavy atom. The lowest BCUT2D eigenvalue weighted by Gasteiger charge is -2.53. The molecule has 0 aliphatic heterocycles. The van der Waals surface area contributed by atoms with Gasteiger partial charge in [-0.3, -0.25) is 9.52 Å². The van der Waals surface area contributed by atoms with E-state index >= 15 is 0 Å². The van der Waals surface area contributed by atoms with Crippen molar-refractivity contribution in [1.82, 2.24) is 10.3 Å². The van der Waals surface area contributed by atoms with Gasteiger partial charge in [0.2, 0.25) is 15.9 Å². The summed E-state index contributed by atoms with van der Waals surface area (Å²) in [6, 6.07) is 0.321. The SMILES string of the molecule is CCCS(=O)(=O)Nc1nc2c(s1)C[C@]1(C)CC[C@@H]([C@H](C)C(=O)NC3CC3)[C@H](O)[C@H]1[C@@H]2C. The highest BCUT2D eigenvalue weighted by Crippen LogP contribution is 2.57. The lowest BCUT2D eigenvalue weighted by Crippen LogP contribution is -2.53. The number of aliphatic hydroxyl groups excluding tert-OH is 1. The van der Waals surface area contributed by atoms with Gasteiger partial charge < -0.3 is 10.4 Å². The summed E-state index contributed by atoms with van der Waals surface area (Å²) in [4.78, 5) is 18.4. The van der Waals surface area contributed by atoms with Crippen molar-refractivity contribution in [2.75, 3.05) is 10.5 Å². The molecule has 9 heteroatoms. The number of nitrogens with one attached hydrogen (secondary N) is 2. The molecule has 1 amide bonds. The van der Waals surface area contributed by atoms with Crippen LogP contribution < -0.4 is 10.0 Å². The summed E-state index contributed by atoms with van der Waals surface area (Å²) in [5.74, 6) is -0.153. The molecule has 0 bridgehead atoms. The van der Waals surface area contributed by atoms with Gasteiger partial charge in [-0.1, -0.05) is 27.7 Å². The smallest absolute Gasteiger partial charge is 0.234 e. The summed E-state index contributed by atoms with van der Waals surface area (Å²) in [6.45, 7) is 8.09. The quantitative estimate of drug-likeness (QED) is 0.568. The van der Waals surface area contributed by atoms with Gasteiger partial charge in [0, 0.05) is 22.8 Å². The van der Waals surface area contributed by atoms with Crippen molar-refractivity contribution < 1.29 is 18.3 Å². The van der Waals surface area contributed by atoms with Crippen molar-refractivity contribution in [2.45, 2.75) is 84.3 Å². The van der Waals surface area contributed by atoms with E-state index in [1.165, 1.54) is 11.3 Å². The van der Waals surface area contributed by atoms with Gasteiger partial charge in [-0.2, -0.15) is 0 Å². The number of amides is 1. The Labute approximate surface area is 189 Å². The summed E-state index contributed by atoms with van der Waals surface area (Å²) in [5.41, 5.74) is 0.817. The maximum atomic E-state index is 12.6. The van der Waals surface area contributed by atoms with Gasteiger partial charge in [0.05, 0.1) is 17.6 Å². The van der Waals surface area contributed by atoms with Gasteiger partial charge in [0.25, 0.3) is 0 Å². The molecule has 6 atom stereocenters. The lowest BCUT2D eigenvalue weighted by molar-refractivity contribution is -0.134. The third kappa shape index (κ3) is 4.50. The highest BCUT2D eigenvalue weighted by molar-refractivity contribution is 7.92. The van der Waals surface area contributed by atoms with Gasteiger partial charge in [-0.05, 0) is 55.8 Å². The number of carbonyl (C=O) groups is 1. The van der Waals surface area contributed by atoms with E-state index in [1.54, 1.807) is 0 Å². The number of thiazole rings is 1. The molecule has 3 N–H and O–H groups in total. The molecule has 2 saturated carbocycles. The zero-order valence-corrected chi connectivity index (χ0v) is 20.5. The van der Waals surface area contributed by atoms with Gasteiger partial charge in [-0.15, -0.1) is 11.3 Å². The molecule has 3 aliphatic carbocycles. The fraction of sp³-hybridized carbons (Fsp3) is 0.818. The standard InChI is InChI=1S/C22H35N3O4S2/c1-5-10-31(28,29)25-21-24-18-13(3)17-19(26)15(12(2)20(27)23-14-6-7-14)8-9-22(17,4)11-16(18)30-21/h12-15,17,19,26H,5-11H2,1-4H3,(H,23,27)(H,24,25)/t12-,13-,15-,17+,19-,22-/m0/s1. The van der Waals surface area contributed by atoms with Crippen LogP contribution in [0.2, 0.25) is 0 Å². The van der Waals surface area contributed by atoms with E-state index in [1.807, 2.05) is 13.8 Å². The number of carbonyl (C=O) groups excluding carboxylic acids is 1. The first kappa shape index (κ1) is 23.0. The van der Waals surface area contributed by atoms with Crippen LogP contribution in [-0.2, 0) is 21.2 Å². The number of aromatic nitrogens is 1. The summed E-state index contributed by atoms with van der Waals surface area (Å²) in [7, 11) is -3.38. The van der Waals surface area contributed by atoms with E-state index in [4.69, 9.17) is 0 Å². The zero-order valence-electron chi connectivity index (χ0n) is 18.8. The fourth-order valence-electron chi connectivity index (χ4n) is 5.80. The minimum atomic E-state index is -3.38. The van der Waals surface area contributed by atoms with E-state index in [9.17, 15) is 18.3 Å². The molecule has 0 unspecified atom stereocenters. The second kappa shape index (κ2) is 8.30.